The van der Waals surface area contributed by atoms with E-state index in [1.165, 1.54) is 13.2 Å². The first kappa shape index (κ1) is 13.1. The van der Waals surface area contributed by atoms with Gasteiger partial charge in [0.15, 0.2) is 0 Å². The highest BCUT2D eigenvalue weighted by atomic mass is 16.7. The number of carbonyl (C=O) groups excluding carboxylic acids is 2. The van der Waals surface area contributed by atoms with E-state index in [1.54, 1.807) is 25.3 Å². The molecule has 0 atom stereocenters. The lowest BCUT2D eigenvalue weighted by Crippen LogP contribution is -2.31. The lowest BCUT2D eigenvalue weighted by molar-refractivity contribution is -0.169. The smallest absolute Gasteiger partial charge is 0.281 e. The monoisotopic (exact) mass is 232 g/mol. The average molecular weight is 232 g/mol. The number of benzene rings is 1. The van der Waals surface area contributed by atoms with Crippen LogP contribution < -0.4 is 0 Å². The Labute approximate surface area is 100 Å². The number of hydrogen-bond donors (Lipinski definition) is 0. The van der Waals surface area contributed by atoms with Gasteiger partial charge in [0.1, 0.15) is 0 Å². The zero-order chi connectivity index (χ0) is 12.7. The van der Waals surface area contributed by atoms with Crippen molar-refractivity contribution in [3.8, 4) is 0 Å². The molecule has 0 aliphatic heterocycles. The van der Waals surface area contributed by atoms with E-state index < -0.39 is 5.91 Å². The molecule has 0 N–H and O–H groups in total. The predicted octanol–water partition coefficient (Wildman–Crippen LogP) is 1.59. The molecule has 0 saturated carbocycles. The Hall–Kier alpha value is -1.94. The van der Waals surface area contributed by atoms with Crippen LogP contribution in [0.2, 0.25) is 0 Å². The minimum Gasteiger partial charge on any atom is -0.285 e. The second-order valence-corrected chi connectivity index (χ2v) is 3.25. The number of amides is 1. The van der Waals surface area contributed by atoms with Crippen molar-refractivity contribution in [2.75, 3.05) is 13.7 Å². The first-order valence-electron chi connectivity index (χ1n) is 5.23. The minimum absolute atomic E-state index is 0.0556. The van der Waals surface area contributed by atoms with Gasteiger partial charge in [0, 0.05) is 6.54 Å². The van der Waals surface area contributed by atoms with E-state index in [4.69, 9.17) is 4.84 Å². The van der Waals surface area contributed by atoms with Crippen molar-refractivity contribution in [3.05, 3.63) is 41.5 Å². The third-order valence-electron chi connectivity index (χ3n) is 2.19. The molecule has 0 aliphatic rings. The number of likely N-dealkylation sites (N-methyl/N-ethyl adjacent to an activating group) is 1. The normalized spacial score (nSPS) is 11.1. The lowest BCUT2D eigenvalue weighted by atomic mass is 10.1. The van der Waals surface area contributed by atoms with Crippen LogP contribution in [0.25, 0.3) is 6.08 Å². The summed E-state index contributed by atoms with van der Waals surface area (Å²) in [6.07, 6.45) is 3.12. The van der Waals surface area contributed by atoms with E-state index in [-0.39, 0.29) is 5.57 Å². The van der Waals surface area contributed by atoms with Crippen LogP contribution in [0.1, 0.15) is 12.5 Å². The summed E-state index contributed by atoms with van der Waals surface area (Å²) in [5.74, 6) is -0.492. The van der Waals surface area contributed by atoms with Crippen LogP contribution in [-0.4, -0.2) is 30.9 Å². The van der Waals surface area contributed by atoms with Gasteiger partial charge >= 0.3 is 0 Å². The molecule has 4 nitrogen and oxygen atoms in total. The van der Waals surface area contributed by atoms with Crippen molar-refractivity contribution < 1.29 is 14.4 Å². The Kier molecular flexibility index (Phi) is 5.10. The quantitative estimate of drug-likeness (QED) is 0.335. The van der Waals surface area contributed by atoms with E-state index in [2.05, 4.69) is 0 Å². The molecule has 0 bridgehead atoms. The fourth-order valence-corrected chi connectivity index (χ4v) is 1.34. The lowest BCUT2D eigenvalue weighted by Gasteiger charge is -2.16. The van der Waals surface area contributed by atoms with Crippen LogP contribution in [0.4, 0.5) is 0 Å². The number of rotatable bonds is 5. The van der Waals surface area contributed by atoms with Gasteiger partial charge in [-0.25, -0.2) is 5.06 Å². The number of hydrogen-bond acceptors (Lipinski definition) is 3. The largest absolute Gasteiger partial charge is 0.285 e. The third kappa shape index (κ3) is 3.53. The highest BCUT2D eigenvalue weighted by Gasteiger charge is 2.16. The van der Waals surface area contributed by atoms with E-state index >= 15 is 0 Å². The van der Waals surface area contributed by atoms with Crippen LogP contribution in [0.5, 0.6) is 0 Å². The molecule has 0 heterocycles. The molecule has 0 saturated heterocycles. The van der Waals surface area contributed by atoms with Crippen LogP contribution in [0.15, 0.2) is 35.9 Å². The first-order chi connectivity index (χ1) is 8.22. The maximum atomic E-state index is 11.8. The van der Waals surface area contributed by atoms with E-state index in [9.17, 15) is 9.59 Å². The minimum atomic E-state index is -0.492. The van der Waals surface area contributed by atoms with Gasteiger partial charge in [-0.05, 0) is 18.6 Å². The average Bonchev–Trinajstić information content (AvgIpc) is 2.38. The highest BCUT2D eigenvalue weighted by Crippen LogP contribution is 2.08. The Morgan fingerprint density at radius 1 is 1.41 bits per heavy atom. The fourth-order valence-electron chi connectivity index (χ4n) is 1.34. The van der Waals surface area contributed by atoms with Crippen molar-refractivity contribution in [1.29, 1.82) is 0 Å². The maximum Gasteiger partial charge on any atom is 0.281 e. The predicted molar refractivity (Wildman–Crippen MR) is 64.5 cm³/mol. The molecule has 4 heteroatoms. The van der Waals surface area contributed by atoms with Crippen molar-refractivity contribution in [2.45, 2.75) is 6.92 Å². The molecule has 1 aromatic carbocycles. The van der Waals surface area contributed by atoms with Crippen LogP contribution in [0.3, 0.4) is 0 Å². The van der Waals surface area contributed by atoms with Gasteiger partial charge in [0.2, 0.25) is 6.29 Å². The topological polar surface area (TPSA) is 46.6 Å². The highest BCUT2D eigenvalue weighted by molar-refractivity contribution is 6.14. The molecule has 0 fully saturated rings. The summed E-state index contributed by atoms with van der Waals surface area (Å²) in [5, 5.41) is 1.10. The molecule has 89 valence electrons. The number of hydroxylamine groups is 2. The zero-order valence-corrected chi connectivity index (χ0v) is 9.84. The standard InChI is InChI=1S/C13H14NO3/c1-3-14(17-2)13(16)12(10-15)9-11-7-5-4-6-8-11/h4-9H,3H2,1-2H3. The summed E-state index contributed by atoms with van der Waals surface area (Å²) in [6, 6.07) is 9.11. The molecule has 1 radical (unpaired) electrons. The second-order valence-electron chi connectivity index (χ2n) is 3.25. The summed E-state index contributed by atoms with van der Waals surface area (Å²) in [7, 11) is 1.38. The molecule has 0 aromatic heterocycles. The fraction of sp³-hybridized carbons (Fsp3) is 0.231. The summed E-state index contributed by atoms with van der Waals surface area (Å²) in [5.41, 5.74) is 0.714. The van der Waals surface area contributed by atoms with Crippen molar-refractivity contribution in [3.63, 3.8) is 0 Å². The summed E-state index contributed by atoms with van der Waals surface area (Å²) < 4.78 is 0. The molecule has 17 heavy (non-hydrogen) atoms. The zero-order valence-electron chi connectivity index (χ0n) is 9.84. The SMILES string of the molecule is CCN(OC)C(=O)C([C]=O)=Cc1ccccc1. The molecule has 1 aromatic rings. The molecule has 1 rings (SSSR count). The van der Waals surface area contributed by atoms with E-state index in [1.807, 2.05) is 18.2 Å². The molecular weight excluding hydrogens is 218 g/mol. The van der Waals surface area contributed by atoms with Gasteiger partial charge < -0.3 is 0 Å². The van der Waals surface area contributed by atoms with Crippen LogP contribution in [-0.2, 0) is 14.4 Å². The third-order valence-corrected chi connectivity index (χ3v) is 2.19. The van der Waals surface area contributed by atoms with Crippen molar-refractivity contribution in [2.24, 2.45) is 0 Å². The molecule has 0 unspecified atom stereocenters. The summed E-state index contributed by atoms with van der Waals surface area (Å²) >= 11 is 0. The number of nitrogens with zero attached hydrogens (tertiary/aromatic N) is 1. The second kappa shape index (κ2) is 6.60. The van der Waals surface area contributed by atoms with Crippen LogP contribution >= 0.6 is 0 Å². The molecular formula is C13H14NO3. The van der Waals surface area contributed by atoms with Crippen molar-refractivity contribution >= 4 is 18.3 Å². The van der Waals surface area contributed by atoms with Gasteiger partial charge in [-0.2, -0.15) is 0 Å². The number of carbonyl (C=O) groups is 1. The molecule has 0 spiro atoms. The Morgan fingerprint density at radius 2 is 2.06 bits per heavy atom. The van der Waals surface area contributed by atoms with Gasteiger partial charge in [-0.3, -0.25) is 14.4 Å². The van der Waals surface area contributed by atoms with Crippen molar-refractivity contribution in [1.82, 2.24) is 5.06 Å². The Bertz CT molecular complexity index is 408. The van der Waals surface area contributed by atoms with Gasteiger partial charge in [-0.1, -0.05) is 30.3 Å². The van der Waals surface area contributed by atoms with E-state index in [0.29, 0.717) is 6.54 Å². The first-order valence-corrected chi connectivity index (χ1v) is 5.23. The van der Waals surface area contributed by atoms with E-state index in [0.717, 1.165) is 10.6 Å². The summed E-state index contributed by atoms with van der Waals surface area (Å²) in [4.78, 5) is 27.4. The Morgan fingerprint density at radius 3 is 2.53 bits per heavy atom. The molecule has 1 amide bonds. The Balaban J connectivity index is 2.96. The maximum absolute atomic E-state index is 11.8. The summed E-state index contributed by atoms with van der Waals surface area (Å²) in [6.45, 7) is 2.12. The molecule has 0 aliphatic carbocycles. The van der Waals surface area contributed by atoms with Gasteiger partial charge in [-0.15, -0.1) is 0 Å². The van der Waals surface area contributed by atoms with Gasteiger partial charge in [0.25, 0.3) is 5.91 Å². The van der Waals surface area contributed by atoms with Crippen LogP contribution in [0, 0.1) is 0 Å². The van der Waals surface area contributed by atoms with Gasteiger partial charge in [0.05, 0.1) is 12.7 Å².